The lowest BCUT2D eigenvalue weighted by atomic mass is 10.2. The molecule has 0 fully saturated rings. The normalized spacial score (nSPS) is 11.3. The van der Waals surface area contributed by atoms with Gasteiger partial charge in [-0.3, -0.25) is 4.79 Å². The van der Waals surface area contributed by atoms with Gasteiger partial charge in [-0.25, -0.2) is 0 Å². The molecule has 0 atom stereocenters. The summed E-state index contributed by atoms with van der Waals surface area (Å²) >= 11 is 2.95. The third-order valence-electron chi connectivity index (χ3n) is 2.62. The van der Waals surface area contributed by atoms with Gasteiger partial charge >= 0.3 is 6.36 Å². The summed E-state index contributed by atoms with van der Waals surface area (Å²) in [5.74, 6) is -0.494. The number of rotatable bonds is 5. The van der Waals surface area contributed by atoms with Crippen molar-refractivity contribution in [3.8, 4) is 5.75 Å². The Morgan fingerprint density at radius 3 is 2.45 bits per heavy atom. The largest absolute Gasteiger partial charge is 0.573 e. The van der Waals surface area contributed by atoms with Crippen molar-refractivity contribution in [2.75, 3.05) is 6.26 Å². The molecule has 0 saturated carbocycles. The minimum Gasteiger partial charge on any atom is -0.406 e. The van der Waals surface area contributed by atoms with Gasteiger partial charge in [0.1, 0.15) is 5.75 Å². The zero-order valence-corrected chi connectivity index (χ0v) is 13.1. The molecule has 1 aromatic carbocycles. The molecule has 2 aromatic rings. The van der Waals surface area contributed by atoms with E-state index in [2.05, 4.69) is 10.1 Å². The fraction of sp³-hybridized carbons (Fsp3) is 0.214. The third-order valence-corrected chi connectivity index (χ3v) is 4.78. The molecule has 1 N–H and O–H groups in total. The molecule has 0 aliphatic carbocycles. The van der Waals surface area contributed by atoms with Gasteiger partial charge in [0.2, 0.25) is 0 Å². The molecule has 0 bridgehead atoms. The van der Waals surface area contributed by atoms with Gasteiger partial charge in [0.25, 0.3) is 5.91 Å². The first-order valence-corrected chi connectivity index (χ1v) is 8.18. The standard InChI is InChI=1S/C14H12F3NO2S2/c1-21-12-7-6-11(22-12)13(19)18-8-9-2-4-10(5-3-9)20-14(15,16)17/h2-7H,8H2,1H3,(H,18,19). The first-order valence-electron chi connectivity index (χ1n) is 6.14. The Morgan fingerprint density at radius 1 is 1.23 bits per heavy atom. The number of amides is 1. The summed E-state index contributed by atoms with van der Waals surface area (Å²) in [7, 11) is 0. The molecule has 0 radical (unpaired) electrons. The molecule has 1 heterocycles. The molecule has 1 aromatic heterocycles. The van der Waals surface area contributed by atoms with E-state index in [0.29, 0.717) is 10.4 Å². The van der Waals surface area contributed by atoms with Crippen LogP contribution in [-0.4, -0.2) is 18.5 Å². The number of ether oxygens (including phenoxy) is 1. The van der Waals surface area contributed by atoms with E-state index in [-0.39, 0.29) is 18.2 Å². The molecule has 0 saturated heterocycles. The summed E-state index contributed by atoms with van der Waals surface area (Å²) < 4.78 is 40.9. The quantitative estimate of drug-likeness (QED) is 0.820. The molecule has 0 aliphatic rings. The van der Waals surface area contributed by atoms with Crippen LogP contribution < -0.4 is 10.1 Å². The van der Waals surface area contributed by atoms with Crippen molar-refractivity contribution in [3.63, 3.8) is 0 Å². The van der Waals surface area contributed by atoms with Crippen molar-refractivity contribution >= 4 is 29.0 Å². The molecular weight excluding hydrogens is 335 g/mol. The molecule has 1 amide bonds. The molecule has 118 valence electrons. The first kappa shape index (κ1) is 16.7. The van der Waals surface area contributed by atoms with Crippen LogP contribution in [0.2, 0.25) is 0 Å². The van der Waals surface area contributed by atoms with Crippen LogP contribution in [0.3, 0.4) is 0 Å². The minimum atomic E-state index is -4.70. The van der Waals surface area contributed by atoms with Crippen molar-refractivity contribution in [2.24, 2.45) is 0 Å². The number of nitrogens with one attached hydrogen (secondary N) is 1. The molecule has 8 heteroatoms. The van der Waals surface area contributed by atoms with Crippen molar-refractivity contribution < 1.29 is 22.7 Å². The van der Waals surface area contributed by atoms with Crippen LogP contribution in [0.1, 0.15) is 15.2 Å². The van der Waals surface area contributed by atoms with Gasteiger partial charge in [0.05, 0.1) is 9.09 Å². The average Bonchev–Trinajstić information content (AvgIpc) is 2.93. The highest BCUT2D eigenvalue weighted by atomic mass is 32.2. The van der Waals surface area contributed by atoms with Crippen LogP contribution in [-0.2, 0) is 6.54 Å². The number of carbonyl (C=O) groups excluding carboxylic acids is 1. The Hall–Kier alpha value is -1.67. The van der Waals surface area contributed by atoms with Crippen LogP contribution in [0.4, 0.5) is 13.2 Å². The zero-order valence-electron chi connectivity index (χ0n) is 11.4. The number of halogens is 3. The smallest absolute Gasteiger partial charge is 0.406 e. The lowest BCUT2D eigenvalue weighted by Crippen LogP contribution is -2.21. The van der Waals surface area contributed by atoms with Crippen LogP contribution in [0.5, 0.6) is 5.75 Å². The maximum absolute atomic E-state index is 12.0. The van der Waals surface area contributed by atoms with Gasteiger partial charge < -0.3 is 10.1 Å². The number of hydrogen-bond donors (Lipinski definition) is 1. The first-order chi connectivity index (χ1) is 10.4. The maximum Gasteiger partial charge on any atom is 0.573 e. The number of thiophene rings is 1. The Balaban J connectivity index is 1.90. The van der Waals surface area contributed by atoms with Crippen molar-refractivity contribution in [1.82, 2.24) is 5.32 Å². The summed E-state index contributed by atoms with van der Waals surface area (Å²) in [5, 5.41) is 2.72. The van der Waals surface area contributed by atoms with Crippen molar-refractivity contribution in [2.45, 2.75) is 17.1 Å². The van der Waals surface area contributed by atoms with E-state index in [1.54, 1.807) is 17.8 Å². The van der Waals surface area contributed by atoms with E-state index in [4.69, 9.17) is 0 Å². The highest BCUT2D eigenvalue weighted by Gasteiger charge is 2.30. The van der Waals surface area contributed by atoms with Gasteiger partial charge in [0.15, 0.2) is 0 Å². The Bertz CT molecular complexity index is 638. The number of carbonyl (C=O) groups is 1. The molecular formula is C14H12F3NO2S2. The predicted octanol–water partition coefficient (Wildman–Crippen LogP) is 4.30. The Labute approximate surface area is 133 Å². The van der Waals surface area contributed by atoms with Crippen LogP contribution >= 0.6 is 23.1 Å². The van der Waals surface area contributed by atoms with Gasteiger partial charge in [0, 0.05) is 6.54 Å². The fourth-order valence-electron chi connectivity index (χ4n) is 1.63. The molecule has 0 spiro atoms. The molecule has 0 aliphatic heterocycles. The predicted molar refractivity (Wildman–Crippen MR) is 80.4 cm³/mol. The van der Waals surface area contributed by atoms with Gasteiger partial charge in [-0.2, -0.15) is 0 Å². The highest BCUT2D eigenvalue weighted by Crippen LogP contribution is 2.25. The summed E-state index contributed by atoms with van der Waals surface area (Å²) in [6.45, 7) is 0.234. The second-order valence-corrected chi connectivity index (χ2v) is 6.39. The SMILES string of the molecule is CSc1ccc(C(=O)NCc2ccc(OC(F)(F)F)cc2)s1. The third kappa shape index (κ3) is 4.96. The van der Waals surface area contributed by atoms with Crippen LogP contribution in [0.25, 0.3) is 0 Å². The molecule has 0 unspecified atom stereocenters. The summed E-state index contributed by atoms with van der Waals surface area (Å²) in [6.07, 6.45) is -2.78. The van der Waals surface area contributed by atoms with Gasteiger partial charge in [-0.05, 0) is 36.1 Å². The fourth-order valence-corrected chi connectivity index (χ4v) is 3.09. The van der Waals surface area contributed by atoms with Crippen molar-refractivity contribution in [3.05, 3.63) is 46.8 Å². The number of benzene rings is 1. The zero-order chi connectivity index (χ0) is 16.2. The van der Waals surface area contributed by atoms with E-state index in [0.717, 1.165) is 4.21 Å². The average molecular weight is 347 g/mol. The van der Waals surface area contributed by atoms with Crippen molar-refractivity contribution in [1.29, 1.82) is 0 Å². The highest BCUT2D eigenvalue weighted by molar-refractivity contribution is 8.00. The molecule has 2 rings (SSSR count). The topological polar surface area (TPSA) is 38.3 Å². The lowest BCUT2D eigenvalue weighted by molar-refractivity contribution is -0.274. The number of alkyl halides is 3. The van der Waals surface area contributed by atoms with E-state index in [9.17, 15) is 18.0 Å². The summed E-state index contributed by atoms with van der Waals surface area (Å²) in [5.41, 5.74) is 0.685. The van der Waals surface area contributed by atoms with E-state index < -0.39 is 6.36 Å². The van der Waals surface area contributed by atoms with Gasteiger partial charge in [-0.1, -0.05) is 12.1 Å². The molecule has 3 nitrogen and oxygen atoms in total. The second kappa shape index (κ2) is 7.06. The number of thioether (sulfide) groups is 1. The monoisotopic (exact) mass is 347 g/mol. The van der Waals surface area contributed by atoms with E-state index >= 15 is 0 Å². The second-order valence-electron chi connectivity index (χ2n) is 4.20. The minimum absolute atomic E-state index is 0.207. The Morgan fingerprint density at radius 2 is 1.91 bits per heavy atom. The van der Waals surface area contributed by atoms with Crippen LogP contribution in [0.15, 0.2) is 40.6 Å². The summed E-state index contributed by atoms with van der Waals surface area (Å²) in [4.78, 5) is 12.5. The molecule has 22 heavy (non-hydrogen) atoms. The lowest BCUT2D eigenvalue weighted by Gasteiger charge is -2.09. The summed E-state index contributed by atoms with van der Waals surface area (Å²) in [6, 6.07) is 8.99. The van der Waals surface area contributed by atoms with E-state index in [1.165, 1.54) is 35.6 Å². The Kier molecular flexibility index (Phi) is 5.36. The van der Waals surface area contributed by atoms with Crippen LogP contribution in [0, 0.1) is 0 Å². The number of hydrogen-bond acceptors (Lipinski definition) is 4. The van der Waals surface area contributed by atoms with Gasteiger partial charge in [-0.15, -0.1) is 36.3 Å². The van der Waals surface area contributed by atoms with E-state index in [1.807, 2.05) is 12.3 Å². The maximum atomic E-state index is 12.0.